The van der Waals surface area contributed by atoms with Gasteiger partial charge in [-0.3, -0.25) is 13.7 Å². The number of fused-ring (bicyclic) bond motifs is 1. The third kappa shape index (κ3) is 4.75. The molecule has 3 heterocycles. The first-order valence-corrected chi connectivity index (χ1v) is 13.7. The van der Waals surface area contributed by atoms with E-state index in [0.717, 1.165) is 30.4 Å². The molecule has 0 amide bonds. The topological polar surface area (TPSA) is 87.2 Å². The smallest absolute Gasteiger partial charge is 0.266 e. The van der Waals surface area contributed by atoms with Crippen LogP contribution in [0, 0.1) is 17.1 Å². The Morgan fingerprint density at radius 1 is 1.30 bits per heavy atom. The van der Waals surface area contributed by atoms with Gasteiger partial charge in [-0.1, -0.05) is 18.2 Å². The Kier molecular flexibility index (Phi) is 6.79. The molecule has 0 radical (unpaired) electrons. The molecule has 0 unspecified atom stereocenters. The first-order valence-electron chi connectivity index (χ1n) is 12.2. The molecular weight excluding hydrogens is 501 g/mol. The summed E-state index contributed by atoms with van der Waals surface area (Å²) >= 11 is 0. The van der Waals surface area contributed by atoms with E-state index >= 15 is 0 Å². The van der Waals surface area contributed by atoms with Crippen molar-refractivity contribution < 1.29 is 13.2 Å². The van der Waals surface area contributed by atoms with E-state index in [4.69, 9.17) is 4.36 Å². The van der Waals surface area contributed by atoms with Gasteiger partial charge in [0.25, 0.3) is 12.0 Å². The molecule has 1 aromatic carbocycles. The number of pyridine rings is 1. The monoisotopic (exact) mass is 528 g/mol. The van der Waals surface area contributed by atoms with Crippen LogP contribution < -0.4 is 10.5 Å². The van der Waals surface area contributed by atoms with Gasteiger partial charge < -0.3 is 4.90 Å². The van der Waals surface area contributed by atoms with Crippen LogP contribution in [0.4, 0.5) is 19.0 Å². The molecule has 0 bridgehead atoms. The second kappa shape index (κ2) is 9.89. The van der Waals surface area contributed by atoms with Crippen LogP contribution in [0.2, 0.25) is 0 Å². The van der Waals surface area contributed by atoms with Gasteiger partial charge in [0.05, 0.1) is 28.5 Å². The summed E-state index contributed by atoms with van der Waals surface area (Å²) in [5.74, 6) is 1.02. The average molecular weight is 529 g/mol. The van der Waals surface area contributed by atoms with Crippen molar-refractivity contribution in [3.8, 4) is 6.07 Å². The van der Waals surface area contributed by atoms with Gasteiger partial charge in [0, 0.05) is 43.3 Å². The number of alkyl halides is 2. The van der Waals surface area contributed by atoms with E-state index in [1.807, 2.05) is 0 Å². The molecule has 7 nitrogen and oxygen atoms in total. The van der Waals surface area contributed by atoms with Crippen molar-refractivity contribution in [2.45, 2.75) is 50.1 Å². The van der Waals surface area contributed by atoms with Crippen molar-refractivity contribution >= 4 is 27.5 Å². The van der Waals surface area contributed by atoms with Gasteiger partial charge in [0.15, 0.2) is 0 Å². The Balaban J connectivity index is 1.54. The quantitative estimate of drug-likeness (QED) is 0.468. The van der Waals surface area contributed by atoms with Crippen molar-refractivity contribution in [1.29, 1.82) is 5.26 Å². The largest absolute Gasteiger partial charge is 0.355 e. The van der Waals surface area contributed by atoms with E-state index in [9.17, 15) is 23.2 Å². The third-order valence-electron chi connectivity index (χ3n) is 7.20. The first kappa shape index (κ1) is 25.4. The predicted molar refractivity (Wildman–Crippen MR) is 137 cm³/mol. The number of hydrogen-bond donors (Lipinski definition) is 0. The molecule has 37 heavy (non-hydrogen) atoms. The van der Waals surface area contributed by atoms with Crippen LogP contribution in [-0.2, 0) is 29.7 Å². The minimum Gasteiger partial charge on any atom is -0.355 e. The number of hydrogen-bond acceptors (Lipinski definition) is 6. The third-order valence-corrected chi connectivity index (χ3v) is 9.15. The van der Waals surface area contributed by atoms with Gasteiger partial charge in [-0.25, -0.2) is 23.1 Å². The molecule has 0 spiro atoms. The summed E-state index contributed by atoms with van der Waals surface area (Å²) in [4.78, 5) is 23.7. The zero-order valence-corrected chi connectivity index (χ0v) is 21.4. The minimum atomic E-state index is -2.92. The van der Waals surface area contributed by atoms with Crippen LogP contribution in [0.3, 0.4) is 0 Å². The van der Waals surface area contributed by atoms with Gasteiger partial charge in [0.2, 0.25) is 0 Å². The van der Waals surface area contributed by atoms with Crippen LogP contribution in [0.1, 0.15) is 48.8 Å². The van der Waals surface area contributed by atoms with Crippen LogP contribution in [-0.4, -0.2) is 39.1 Å². The highest BCUT2D eigenvalue weighted by molar-refractivity contribution is 7.87. The van der Waals surface area contributed by atoms with E-state index in [-0.39, 0.29) is 28.4 Å². The molecule has 2 fully saturated rings. The van der Waals surface area contributed by atoms with Gasteiger partial charge in [-0.2, -0.15) is 5.26 Å². The summed E-state index contributed by atoms with van der Waals surface area (Å²) in [5, 5.41) is 10.8. The Bertz CT molecular complexity index is 1480. The molecule has 2 aromatic heterocycles. The van der Waals surface area contributed by atoms with Crippen LogP contribution >= 0.6 is 0 Å². The SMILES string of the molecule is CN(Cc1cccc(C(F)F)c1F)c1ncnc2c1cc(C1(C#N)CCS(=NC3CC3)CC1)c(=O)n2C. The molecular formula is C26H27F3N6OS. The molecule has 0 atom stereocenters. The van der Waals surface area contributed by atoms with E-state index in [0.29, 0.717) is 41.3 Å². The zero-order valence-electron chi connectivity index (χ0n) is 20.6. The number of rotatable bonds is 6. The molecule has 1 saturated carbocycles. The van der Waals surface area contributed by atoms with Gasteiger partial charge >= 0.3 is 0 Å². The van der Waals surface area contributed by atoms with Crippen molar-refractivity contribution in [2.24, 2.45) is 11.4 Å². The lowest BCUT2D eigenvalue weighted by Crippen LogP contribution is -2.40. The summed E-state index contributed by atoms with van der Waals surface area (Å²) in [5.41, 5.74) is -0.990. The summed E-state index contributed by atoms with van der Waals surface area (Å²) in [6.45, 7) is -0.0223. The Labute approximate surface area is 215 Å². The van der Waals surface area contributed by atoms with E-state index in [2.05, 4.69) is 16.0 Å². The molecule has 2 aliphatic rings. The van der Waals surface area contributed by atoms with E-state index in [1.54, 1.807) is 25.1 Å². The second-order valence-corrected chi connectivity index (χ2v) is 11.7. The fraction of sp³-hybridized carbons (Fsp3) is 0.462. The maximum absolute atomic E-state index is 14.7. The minimum absolute atomic E-state index is 0.0223. The lowest BCUT2D eigenvalue weighted by atomic mass is 9.77. The van der Waals surface area contributed by atoms with Crippen molar-refractivity contribution in [1.82, 2.24) is 14.5 Å². The zero-order chi connectivity index (χ0) is 26.3. The highest BCUT2D eigenvalue weighted by Gasteiger charge is 2.39. The Morgan fingerprint density at radius 3 is 2.68 bits per heavy atom. The number of aromatic nitrogens is 3. The van der Waals surface area contributed by atoms with Crippen LogP contribution in [0.15, 0.2) is 39.8 Å². The van der Waals surface area contributed by atoms with Crippen molar-refractivity contribution in [3.63, 3.8) is 0 Å². The van der Waals surface area contributed by atoms with E-state index in [1.165, 1.54) is 23.0 Å². The lowest BCUT2D eigenvalue weighted by Gasteiger charge is -2.32. The number of benzene rings is 1. The fourth-order valence-corrected chi connectivity index (χ4v) is 7.09. The molecule has 1 aliphatic heterocycles. The highest BCUT2D eigenvalue weighted by atomic mass is 32.2. The number of nitrogens with zero attached hydrogens (tertiary/aromatic N) is 6. The van der Waals surface area contributed by atoms with Crippen molar-refractivity contribution in [2.75, 3.05) is 23.5 Å². The lowest BCUT2D eigenvalue weighted by molar-refractivity contribution is 0.146. The van der Waals surface area contributed by atoms with Crippen molar-refractivity contribution in [3.05, 3.63) is 63.5 Å². The highest BCUT2D eigenvalue weighted by Crippen LogP contribution is 2.37. The summed E-state index contributed by atoms with van der Waals surface area (Å²) in [7, 11) is 3.21. The molecule has 1 saturated heterocycles. The van der Waals surface area contributed by atoms with Crippen LogP contribution in [0.25, 0.3) is 11.0 Å². The maximum Gasteiger partial charge on any atom is 0.266 e. The average Bonchev–Trinajstić information content (AvgIpc) is 3.71. The van der Waals surface area contributed by atoms with Gasteiger partial charge in [-0.15, -0.1) is 10.7 Å². The number of aryl methyl sites for hydroxylation is 1. The molecule has 194 valence electrons. The van der Waals surface area contributed by atoms with Gasteiger partial charge in [-0.05, 0) is 31.7 Å². The predicted octanol–water partition coefficient (Wildman–Crippen LogP) is 4.56. The summed E-state index contributed by atoms with van der Waals surface area (Å²) < 4.78 is 47.4. The second-order valence-electron chi connectivity index (χ2n) is 9.73. The van der Waals surface area contributed by atoms with Gasteiger partial charge in [0.1, 0.15) is 23.6 Å². The number of nitriles is 1. The standard InChI is InChI=1S/C26H27F3N6OS/c1-34(13-16-4-3-5-18(21(16)27)22(28)29)23-19-12-20(25(36)35(2)24(19)32-15-31-23)26(14-30)8-10-37(11-9-26)33-17-6-7-17/h3-5,12,15,17,22H,6-11,13H2,1-2H3. The summed E-state index contributed by atoms with van der Waals surface area (Å²) in [6.07, 6.45) is 1.78. The molecule has 1 aliphatic carbocycles. The fourth-order valence-electron chi connectivity index (χ4n) is 4.87. The van der Waals surface area contributed by atoms with Crippen LogP contribution in [0.5, 0.6) is 0 Å². The Hall–Kier alpha value is -3.26. The number of halogens is 3. The molecule has 11 heteroatoms. The molecule has 3 aromatic rings. The first-order chi connectivity index (χ1) is 17.7. The normalized spacial score (nSPS) is 21.7. The molecule has 0 N–H and O–H groups in total. The summed E-state index contributed by atoms with van der Waals surface area (Å²) in [6, 6.07) is 8.53. The Morgan fingerprint density at radius 2 is 2.03 bits per heavy atom. The van der Waals surface area contributed by atoms with E-state index < -0.39 is 23.2 Å². The molecule has 5 rings (SSSR count). The number of anilines is 1. The maximum atomic E-state index is 14.7.